The summed E-state index contributed by atoms with van der Waals surface area (Å²) in [5.41, 5.74) is -0.113. The summed E-state index contributed by atoms with van der Waals surface area (Å²) >= 11 is 0. The molecular weight excluding hydrogens is 292 g/mol. The van der Waals surface area contributed by atoms with Gasteiger partial charge in [0.2, 0.25) is 0 Å². The van der Waals surface area contributed by atoms with Crippen LogP contribution >= 0.6 is 0 Å². The number of epoxide rings is 1. The zero-order chi connectivity index (χ0) is 16.7. The minimum Gasteiger partial charge on any atom is -0.382 e. The van der Waals surface area contributed by atoms with E-state index in [0.717, 1.165) is 19.3 Å². The highest BCUT2D eigenvalue weighted by molar-refractivity contribution is 6.15. The highest BCUT2D eigenvalue weighted by atomic mass is 16.6. The molecule has 0 bridgehead atoms. The van der Waals surface area contributed by atoms with Crippen LogP contribution in [0.4, 0.5) is 0 Å². The van der Waals surface area contributed by atoms with Crippen LogP contribution in [-0.4, -0.2) is 34.5 Å². The van der Waals surface area contributed by atoms with E-state index in [1.807, 2.05) is 6.92 Å². The van der Waals surface area contributed by atoms with Gasteiger partial charge in [-0.1, -0.05) is 20.8 Å². The van der Waals surface area contributed by atoms with E-state index in [-0.39, 0.29) is 36.1 Å². The molecule has 0 unspecified atom stereocenters. The molecule has 4 aliphatic rings. The van der Waals surface area contributed by atoms with E-state index < -0.39 is 5.60 Å². The standard InChI is InChI=1S/C19H26O4/c1-9-7-12-11(18(12,2)3)5-6-13-16(23-13)14-10(15(9)20)8-19(4,22)17(14)21/h9,11-13,16,22H,5-8H2,1-4H3/t9-,11+,12-,13+,16-,19+/m1/s1. The highest BCUT2D eigenvalue weighted by Crippen LogP contribution is 2.64. The zero-order valence-corrected chi connectivity index (χ0v) is 14.4. The molecule has 4 nitrogen and oxygen atoms in total. The van der Waals surface area contributed by atoms with Gasteiger partial charge >= 0.3 is 0 Å². The molecule has 0 aromatic heterocycles. The van der Waals surface area contributed by atoms with Gasteiger partial charge in [0.05, 0.1) is 6.10 Å². The summed E-state index contributed by atoms with van der Waals surface area (Å²) in [6, 6.07) is 0. The fraction of sp³-hybridized carbons (Fsp3) is 0.789. The van der Waals surface area contributed by atoms with Gasteiger partial charge in [-0.05, 0) is 43.4 Å². The summed E-state index contributed by atoms with van der Waals surface area (Å²) in [6.07, 6.45) is 2.88. The molecule has 0 radical (unpaired) electrons. The average Bonchev–Trinajstić information content (AvgIpc) is 3.29. The predicted molar refractivity (Wildman–Crippen MR) is 84.7 cm³/mol. The fourth-order valence-corrected chi connectivity index (χ4v) is 5.11. The Morgan fingerprint density at radius 1 is 1.13 bits per heavy atom. The lowest BCUT2D eigenvalue weighted by molar-refractivity contribution is -0.130. The lowest BCUT2D eigenvalue weighted by atomic mass is 9.89. The van der Waals surface area contributed by atoms with E-state index in [2.05, 4.69) is 13.8 Å². The van der Waals surface area contributed by atoms with E-state index in [9.17, 15) is 14.7 Å². The van der Waals surface area contributed by atoms with Crippen LogP contribution in [0.1, 0.15) is 53.4 Å². The number of carbonyl (C=O) groups is 2. The third-order valence-electron chi connectivity index (χ3n) is 6.85. The number of rotatable bonds is 0. The first-order chi connectivity index (χ1) is 10.6. The Bertz CT molecular complexity index is 627. The number of ether oxygens (including phenoxy) is 1. The summed E-state index contributed by atoms with van der Waals surface area (Å²) in [7, 11) is 0. The molecule has 1 N–H and O–H groups in total. The van der Waals surface area contributed by atoms with Crippen molar-refractivity contribution in [2.24, 2.45) is 23.2 Å². The number of carbonyl (C=O) groups excluding carboxylic acids is 2. The Kier molecular flexibility index (Phi) is 3.07. The number of aliphatic hydroxyl groups is 1. The summed E-state index contributed by atoms with van der Waals surface area (Å²) in [6.45, 7) is 8.08. The molecule has 4 rings (SSSR count). The third kappa shape index (κ3) is 2.18. The fourth-order valence-electron chi connectivity index (χ4n) is 5.11. The maximum absolute atomic E-state index is 13.0. The molecule has 6 atom stereocenters. The number of Topliss-reactive ketones (excluding diaryl/α,β-unsaturated/α-hetero) is 2. The summed E-state index contributed by atoms with van der Waals surface area (Å²) in [4.78, 5) is 25.5. The second-order valence-electron chi connectivity index (χ2n) is 8.88. The van der Waals surface area contributed by atoms with E-state index in [1.54, 1.807) is 0 Å². The van der Waals surface area contributed by atoms with Gasteiger partial charge < -0.3 is 9.84 Å². The van der Waals surface area contributed by atoms with Crippen molar-refractivity contribution in [3.8, 4) is 0 Å². The van der Waals surface area contributed by atoms with E-state index in [0.29, 0.717) is 28.4 Å². The number of hydrogen-bond donors (Lipinski definition) is 1. The molecule has 0 aromatic rings. The smallest absolute Gasteiger partial charge is 0.193 e. The predicted octanol–water partition coefficient (Wildman–Crippen LogP) is 2.44. The Hall–Kier alpha value is -1.00. The first kappa shape index (κ1) is 15.5. The topological polar surface area (TPSA) is 66.9 Å². The van der Waals surface area contributed by atoms with Gasteiger partial charge in [0, 0.05) is 23.5 Å². The lowest BCUT2D eigenvalue weighted by Gasteiger charge is -2.16. The van der Waals surface area contributed by atoms with Gasteiger partial charge in [0.25, 0.3) is 0 Å². The third-order valence-corrected chi connectivity index (χ3v) is 6.85. The molecule has 1 saturated heterocycles. The van der Waals surface area contributed by atoms with Crippen molar-refractivity contribution in [2.75, 3.05) is 0 Å². The summed E-state index contributed by atoms with van der Waals surface area (Å²) in [5.74, 6) is 0.896. The molecular formula is C19H26O4. The quantitative estimate of drug-likeness (QED) is 0.697. The molecule has 1 aliphatic heterocycles. The first-order valence-electron chi connectivity index (χ1n) is 8.84. The molecule has 4 heteroatoms. The van der Waals surface area contributed by atoms with Crippen LogP contribution < -0.4 is 0 Å². The van der Waals surface area contributed by atoms with Crippen LogP contribution in [0.25, 0.3) is 0 Å². The number of ketones is 2. The largest absolute Gasteiger partial charge is 0.382 e. The van der Waals surface area contributed by atoms with Crippen LogP contribution in [0.3, 0.4) is 0 Å². The molecule has 3 aliphatic carbocycles. The Morgan fingerprint density at radius 3 is 2.52 bits per heavy atom. The number of fused-ring (bicyclic) bond motifs is 3. The van der Waals surface area contributed by atoms with Crippen molar-refractivity contribution in [1.29, 1.82) is 0 Å². The van der Waals surface area contributed by atoms with Gasteiger partial charge in [0.1, 0.15) is 11.7 Å². The van der Waals surface area contributed by atoms with E-state index in [1.165, 1.54) is 6.92 Å². The van der Waals surface area contributed by atoms with Crippen molar-refractivity contribution >= 4 is 11.6 Å². The lowest BCUT2D eigenvalue weighted by Crippen LogP contribution is -2.32. The Labute approximate surface area is 137 Å². The maximum Gasteiger partial charge on any atom is 0.193 e. The van der Waals surface area contributed by atoms with Crippen LogP contribution in [0, 0.1) is 23.2 Å². The molecule has 2 fully saturated rings. The number of hydrogen-bond acceptors (Lipinski definition) is 4. The van der Waals surface area contributed by atoms with Crippen LogP contribution in [0.15, 0.2) is 11.1 Å². The Morgan fingerprint density at radius 2 is 1.83 bits per heavy atom. The maximum atomic E-state index is 13.0. The molecule has 0 amide bonds. The van der Waals surface area contributed by atoms with Crippen molar-refractivity contribution in [2.45, 2.75) is 71.2 Å². The van der Waals surface area contributed by atoms with E-state index in [4.69, 9.17) is 4.74 Å². The van der Waals surface area contributed by atoms with Crippen molar-refractivity contribution < 1.29 is 19.4 Å². The summed E-state index contributed by atoms with van der Waals surface area (Å²) < 4.78 is 5.74. The minimum absolute atomic E-state index is 0.0451. The average molecular weight is 318 g/mol. The van der Waals surface area contributed by atoms with Crippen LogP contribution in [0.5, 0.6) is 0 Å². The molecule has 1 saturated carbocycles. The summed E-state index contributed by atoms with van der Waals surface area (Å²) in [5, 5.41) is 10.4. The van der Waals surface area contributed by atoms with Gasteiger partial charge in [-0.25, -0.2) is 0 Å². The monoisotopic (exact) mass is 318 g/mol. The van der Waals surface area contributed by atoms with Crippen molar-refractivity contribution in [1.82, 2.24) is 0 Å². The van der Waals surface area contributed by atoms with Gasteiger partial charge in [0.15, 0.2) is 11.6 Å². The molecule has 0 aromatic carbocycles. The SMILES string of the molecule is C[C@@H]1C[C@@H]2[C@H](CC[C@@H]3O[C@H]3C3=C(C[C@](C)(O)C3=O)C1=O)C2(C)C. The highest BCUT2D eigenvalue weighted by Gasteiger charge is 2.60. The second-order valence-corrected chi connectivity index (χ2v) is 8.88. The van der Waals surface area contributed by atoms with Crippen molar-refractivity contribution in [3.63, 3.8) is 0 Å². The molecule has 0 spiro atoms. The van der Waals surface area contributed by atoms with Crippen molar-refractivity contribution in [3.05, 3.63) is 11.1 Å². The second kappa shape index (κ2) is 4.54. The molecule has 126 valence electrons. The van der Waals surface area contributed by atoms with E-state index >= 15 is 0 Å². The minimum atomic E-state index is -1.44. The van der Waals surface area contributed by atoms with Gasteiger partial charge in [-0.3, -0.25) is 9.59 Å². The first-order valence-corrected chi connectivity index (χ1v) is 8.84. The Balaban J connectivity index is 1.69. The zero-order valence-electron chi connectivity index (χ0n) is 14.4. The molecule has 1 heterocycles. The van der Waals surface area contributed by atoms with Gasteiger partial charge in [-0.15, -0.1) is 0 Å². The normalized spacial score (nSPS) is 48.3. The van der Waals surface area contributed by atoms with Crippen LogP contribution in [0.2, 0.25) is 0 Å². The van der Waals surface area contributed by atoms with Gasteiger partial charge in [-0.2, -0.15) is 0 Å². The molecule has 23 heavy (non-hydrogen) atoms. The van der Waals surface area contributed by atoms with Crippen LogP contribution in [-0.2, 0) is 14.3 Å².